The number of ether oxygens (including phenoxy) is 1. The fourth-order valence-electron chi connectivity index (χ4n) is 2.62. The van der Waals surface area contributed by atoms with Crippen LogP contribution in [-0.4, -0.2) is 28.6 Å². The van der Waals surface area contributed by atoms with Gasteiger partial charge in [-0.3, -0.25) is 14.4 Å². The van der Waals surface area contributed by atoms with E-state index in [4.69, 9.17) is 4.74 Å². The Morgan fingerprint density at radius 1 is 1.04 bits per heavy atom. The number of aromatic amines is 1. The summed E-state index contributed by atoms with van der Waals surface area (Å²) in [6.45, 7) is 0.732. The van der Waals surface area contributed by atoms with Gasteiger partial charge in [0.05, 0.1) is 24.1 Å². The Labute approximate surface area is 149 Å². The van der Waals surface area contributed by atoms with Crippen molar-refractivity contribution >= 4 is 16.9 Å². The molecular weight excluding hydrogens is 334 g/mol. The summed E-state index contributed by atoms with van der Waals surface area (Å²) in [5.74, 6) is 0.532. The molecule has 2 aromatic carbocycles. The van der Waals surface area contributed by atoms with E-state index in [9.17, 15) is 14.4 Å². The number of nitrogens with one attached hydrogen (secondary N) is 2. The summed E-state index contributed by atoms with van der Waals surface area (Å²) in [5.41, 5.74) is -0.102. The number of nitrogens with zero attached hydrogens (tertiary/aromatic N) is 1. The molecular formula is C19H19N3O4. The van der Waals surface area contributed by atoms with Gasteiger partial charge in [0.1, 0.15) is 5.75 Å². The van der Waals surface area contributed by atoms with Crippen LogP contribution in [0.3, 0.4) is 0 Å². The Kier molecular flexibility index (Phi) is 5.48. The van der Waals surface area contributed by atoms with Crippen LogP contribution >= 0.6 is 0 Å². The molecule has 7 nitrogen and oxygen atoms in total. The lowest BCUT2D eigenvalue weighted by Gasteiger charge is -2.11. The second kappa shape index (κ2) is 8.15. The number of hydrogen-bond donors (Lipinski definition) is 2. The Hall–Kier alpha value is -3.35. The molecule has 7 heteroatoms. The van der Waals surface area contributed by atoms with Crippen molar-refractivity contribution in [3.05, 3.63) is 75.3 Å². The standard InChI is InChI=1S/C19H19N3O4/c23-17(10-13-26-14-6-2-1-3-7-14)20-11-12-22-16-9-5-4-8-15(16)21-18(24)19(22)25/h1-9H,10-13H2,(H,20,23)(H,21,24). The predicted molar refractivity (Wildman–Crippen MR) is 98.4 cm³/mol. The summed E-state index contributed by atoms with van der Waals surface area (Å²) in [6.07, 6.45) is 0.208. The molecule has 1 heterocycles. The molecule has 1 aromatic heterocycles. The molecule has 0 radical (unpaired) electrons. The van der Waals surface area contributed by atoms with E-state index in [0.717, 1.165) is 0 Å². The van der Waals surface area contributed by atoms with Gasteiger partial charge in [-0.1, -0.05) is 30.3 Å². The fraction of sp³-hybridized carbons (Fsp3) is 0.211. The molecule has 0 aliphatic heterocycles. The molecule has 0 unspecified atom stereocenters. The summed E-state index contributed by atoms with van der Waals surface area (Å²) in [6, 6.07) is 16.3. The van der Waals surface area contributed by atoms with Crippen LogP contribution in [0.5, 0.6) is 5.75 Å². The molecule has 134 valence electrons. The largest absolute Gasteiger partial charge is 0.493 e. The number of carbonyl (C=O) groups excluding carboxylic acids is 1. The Bertz CT molecular complexity index is 1010. The zero-order chi connectivity index (χ0) is 18.4. The van der Waals surface area contributed by atoms with Crippen LogP contribution in [0.4, 0.5) is 0 Å². The number of amides is 1. The zero-order valence-electron chi connectivity index (χ0n) is 14.1. The van der Waals surface area contributed by atoms with E-state index in [-0.39, 0.29) is 32.0 Å². The molecule has 0 aliphatic carbocycles. The molecule has 3 rings (SSSR count). The smallest absolute Gasteiger partial charge is 0.316 e. The highest BCUT2D eigenvalue weighted by molar-refractivity contribution is 5.76. The highest BCUT2D eigenvalue weighted by Gasteiger charge is 2.08. The zero-order valence-corrected chi connectivity index (χ0v) is 14.1. The first kappa shape index (κ1) is 17.5. The fourth-order valence-corrected chi connectivity index (χ4v) is 2.62. The maximum Gasteiger partial charge on any atom is 0.316 e. The minimum absolute atomic E-state index is 0.178. The topological polar surface area (TPSA) is 93.2 Å². The van der Waals surface area contributed by atoms with Crippen molar-refractivity contribution in [1.82, 2.24) is 14.9 Å². The summed E-state index contributed by atoms with van der Waals surface area (Å²) in [4.78, 5) is 38.2. The van der Waals surface area contributed by atoms with Crippen LogP contribution < -0.4 is 21.2 Å². The molecule has 0 fully saturated rings. The SMILES string of the molecule is O=C(CCOc1ccccc1)NCCn1c(=O)c(=O)[nH]c2ccccc21. The van der Waals surface area contributed by atoms with Crippen molar-refractivity contribution in [2.75, 3.05) is 13.2 Å². The van der Waals surface area contributed by atoms with Gasteiger partial charge in [0.25, 0.3) is 0 Å². The first-order valence-electron chi connectivity index (χ1n) is 8.31. The average Bonchev–Trinajstić information content (AvgIpc) is 2.66. The molecule has 2 N–H and O–H groups in total. The summed E-state index contributed by atoms with van der Waals surface area (Å²) in [5, 5.41) is 2.74. The maximum absolute atomic E-state index is 12.1. The van der Waals surface area contributed by atoms with Gasteiger partial charge >= 0.3 is 11.1 Å². The molecule has 0 saturated carbocycles. The molecule has 3 aromatic rings. The van der Waals surface area contributed by atoms with Crippen LogP contribution in [-0.2, 0) is 11.3 Å². The third-order valence-corrected chi connectivity index (χ3v) is 3.88. The number of para-hydroxylation sites is 3. The number of fused-ring (bicyclic) bond motifs is 1. The molecule has 0 atom stereocenters. The summed E-state index contributed by atoms with van der Waals surface area (Å²) in [7, 11) is 0. The summed E-state index contributed by atoms with van der Waals surface area (Å²) >= 11 is 0. The lowest BCUT2D eigenvalue weighted by Crippen LogP contribution is -2.39. The normalized spacial score (nSPS) is 10.6. The van der Waals surface area contributed by atoms with E-state index >= 15 is 0 Å². The maximum atomic E-state index is 12.1. The van der Waals surface area contributed by atoms with E-state index < -0.39 is 11.1 Å². The minimum Gasteiger partial charge on any atom is -0.493 e. The number of rotatable bonds is 7. The lowest BCUT2D eigenvalue weighted by molar-refractivity contribution is -0.121. The number of benzene rings is 2. The summed E-state index contributed by atoms with van der Waals surface area (Å²) < 4.78 is 6.84. The highest BCUT2D eigenvalue weighted by Crippen LogP contribution is 2.08. The van der Waals surface area contributed by atoms with Crippen molar-refractivity contribution in [2.45, 2.75) is 13.0 Å². The van der Waals surface area contributed by atoms with Crippen LogP contribution in [0.15, 0.2) is 64.2 Å². The van der Waals surface area contributed by atoms with Crippen LogP contribution in [0.1, 0.15) is 6.42 Å². The highest BCUT2D eigenvalue weighted by atomic mass is 16.5. The third-order valence-electron chi connectivity index (χ3n) is 3.88. The third kappa shape index (κ3) is 4.18. The van der Waals surface area contributed by atoms with Gasteiger partial charge < -0.3 is 19.6 Å². The van der Waals surface area contributed by atoms with Crippen molar-refractivity contribution in [1.29, 1.82) is 0 Å². The van der Waals surface area contributed by atoms with Gasteiger partial charge in [0.2, 0.25) is 5.91 Å². The van der Waals surface area contributed by atoms with Crippen molar-refractivity contribution in [2.24, 2.45) is 0 Å². The number of hydrogen-bond acceptors (Lipinski definition) is 4. The quantitative estimate of drug-likeness (QED) is 0.626. The molecule has 0 bridgehead atoms. The van der Waals surface area contributed by atoms with E-state index in [1.807, 2.05) is 30.3 Å². The van der Waals surface area contributed by atoms with Gasteiger partial charge in [-0.15, -0.1) is 0 Å². The van der Waals surface area contributed by atoms with Gasteiger partial charge in [0, 0.05) is 13.1 Å². The molecule has 0 saturated heterocycles. The first-order chi connectivity index (χ1) is 12.6. The van der Waals surface area contributed by atoms with Gasteiger partial charge in [-0.25, -0.2) is 0 Å². The monoisotopic (exact) mass is 353 g/mol. The Morgan fingerprint density at radius 3 is 2.58 bits per heavy atom. The lowest BCUT2D eigenvalue weighted by atomic mass is 10.3. The van der Waals surface area contributed by atoms with Crippen LogP contribution in [0.2, 0.25) is 0 Å². The van der Waals surface area contributed by atoms with E-state index in [1.165, 1.54) is 4.57 Å². The van der Waals surface area contributed by atoms with Gasteiger partial charge in [-0.2, -0.15) is 0 Å². The van der Waals surface area contributed by atoms with E-state index in [1.54, 1.807) is 24.3 Å². The van der Waals surface area contributed by atoms with Gasteiger partial charge in [-0.05, 0) is 24.3 Å². The van der Waals surface area contributed by atoms with Crippen molar-refractivity contribution < 1.29 is 9.53 Å². The molecule has 1 amide bonds. The minimum atomic E-state index is -0.675. The van der Waals surface area contributed by atoms with Gasteiger partial charge in [0.15, 0.2) is 0 Å². The van der Waals surface area contributed by atoms with E-state index in [2.05, 4.69) is 10.3 Å². The second-order valence-corrected chi connectivity index (χ2v) is 5.69. The molecule has 26 heavy (non-hydrogen) atoms. The van der Waals surface area contributed by atoms with E-state index in [0.29, 0.717) is 16.8 Å². The Morgan fingerprint density at radius 2 is 1.77 bits per heavy atom. The van der Waals surface area contributed by atoms with Crippen molar-refractivity contribution in [3.8, 4) is 5.75 Å². The first-order valence-corrected chi connectivity index (χ1v) is 8.31. The average molecular weight is 353 g/mol. The molecule has 0 aliphatic rings. The van der Waals surface area contributed by atoms with Crippen LogP contribution in [0, 0.1) is 0 Å². The predicted octanol–water partition coefficient (Wildman–Crippen LogP) is 1.28. The second-order valence-electron chi connectivity index (χ2n) is 5.69. The number of carbonyl (C=O) groups is 1. The van der Waals surface area contributed by atoms with Crippen LogP contribution in [0.25, 0.3) is 11.0 Å². The molecule has 0 spiro atoms. The number of H-pyrrole nitrogens is 1. The van der Waals surface area contributed by atoms with Crippen molar-refractivity contribution in [3.63, 3.8) is 0 Å². The Balaban J connectivity index is 1.54. The number of aromatic nitrogens is 2.